The third-order valence-corrected chi connectivity index (χ3v) is 3.43. The molecule has 5 nitrogen and oxygen atoms in total. The van der Waals surface area contributed by atoms with Crippen molar-refractivity contribution in [3.63, 3.8) is 0 Å². The maximum atomic E-state index is 12.1. The van der Waals surface area contributed by atoms with Gasteiger partial charge in [0.15, 0.2) is 5.69 Å². The molecular formula is C12H22N4O. The number of carbonyl (C=O) groups excluding carboxylic acids is 1. The monoisotopic (exact) mass is 238 g/mol. The Hall–Kier alpha value is -1.52. The average Bonchev–Trinajstić information content (AvgIpc) is 2.70. The van der Waals surface area contributed by atoms with Crippen molar-refractivity contribution in [1.29, 1.82) is 0 Å². The van der Waals surface area contributed by atoms with Crippen LogP contribution in [0.2, 0.25) is 0 Å². The molecule has 0 saturated heterocycles. The number of nitrogen functional groups attached to an aromatic ring is 1. The van der Waals surface area contributed by atoms with Gasteiger partial charge in [-0.3, -0.25) is 9.89 Å². The lowest BCUT2D eigenvalue weighted by molar-refractivity contribution is 0.0897. The summed E-state index contributed by atoms with van der Waals surface area (Å²) >= 11 is 0. The molecule has 0 radical (unpaired) electrons. The lowest BCUT2D eigenvalue weighted by Gasteiger charge is -2.27. The van der Waals surface area contributed by atoms with Gasteiger partial charge in [-0.1, -0.05) is 20.8 Å². The Kier molecular flexibility index (Phi) is 4.15. The quantitative estimate of drug-likeness (QED) is 0.732. The Morgan fingerprint density at radius 2 is 2.00 bits per heavy atom. The van der Waals surface area contributed by atoms with Crippen LogP contribution in [0.4, 0.5) is 5.69 Å². The van der Waals surface area contributed by atoms with Crippen molar-refractivity contribution < 1.29 is 4.79 Å². The van der Waals surface area contributed by atoms with E-state index in [9.17, 15) is 4.79 Å². The molecule has 0 fully saturated rings. The zero-order valence-corrected chi connectivity index (χ0v) is 11.1. The summed E-state index contributed by atoms with van der Waals surface area (Å²) in [6, 6.07) is 0. The van der Waals surface area contributed by atoms with Gasteiger partial charge in [-0.15, -0.1) is 0 Å². The van der Waals surface area contributed by atoms with Gasteiger partial charge in [-0.25, -0.2) is 0 Å². The van der Waals surface area contributed by atoms with Gasteiger partial charge in [0.2, 0.25) is 0 Å². The number of hydrogen-bond acceptors (Lipinski definition) is 3. The number of amides is 1. The molecule has 1 rings (SSSR count). The summed E-state index contributed by atoms with van der Waals surface area (Å²) in [6.07, 6.45) is 2.49. The highest BCUT2D eigenvalue weighted by Gasteiger charge is 2.25. The minimum Gasteiger partial charge on any atom is -0.395 e. The van der Waals surface area contributed by atoms with Crippen LogP contribution in [-0.2, 0) is 6.42 Å². The number of aromatic amines is 1. The second-order valence-electron chi connectivity index (χ2n) is 4.54. The molecule has 0 atom stereocenters. The molecular weight excluding hydrogens is 216 g/mol. The van der Waals surface area contributed by atoms with Crippen molar-refractivity contribution >= 4 is 11.6 Å². The summed E-state index contributed by atoms with van der Waals surface area (Å²) < 4.78 is 0. The van der Waals surface area contributed by atoms with Gasteiger partial charge in [0.1, 0.15) is 0 Å². The maximum absolute atomic E-state index is 12.1. The number of nitrogens with zero attached hydrogens (tertiary/aromatic N) is 1. The van der Waals surface area contributed by atoms with Crippen LogP contribution in [-0.4, -0.2) is 21.6 Å². The molecule has 1 aromatic heterocycles. The van der Waals surface area contributed by atoms with Crippen LogP contribution < -0.4 is 11.1 Å². The van der Waals surface area contributed by atoms with Crippen LogP contribution in [0.15, 0.2) is 0 Å². The topological polar surface area (TPSA) is 83.8 Å². The minimum absolute atomic E-state index is 0.200. The predicted octanol–water partition coefficient (Wildman–Crippen LogP) is 1.86. The summed E-state index contributed by atoms with van der Waals surface area (Å²) in [5.74, 6) is -0.204. The Bertz CT molecular complexity index is 393. The molecule has 0 spiro atoms. The molecule has 0 unspecified atom stereocenters. The first kappa shape index (κ1) is 13.5. The highest BCUT2D eigenvalue weighted by molar-refractivity contribution is 5.98. The zero-order chi connectivity index (χ0) is 13.1. The zero-order valence-electron chi connectivity index (χ0n) is 11.1. The fourth-order valence-electron chi connectivity index (χ4n) is 1.59. The summed E-state index contributed by atoms with van der Waals surface area (Å²) in [6.45, 7) is 8.09. The van der Waals surface area contributed by atoms with E-state index >= 15 is 0 Å². The van der Waals surface area contributed by atoms with Crippen LogP contribution in [0.3, 0.4) is 0 Å². The normalized spacial score (nSPS) is 11.5. The second kappa shape index (κ2) is 5.21. The molecule has 0 aliphatic heterocycles. The largest absolute Gasteiger partial charge is 0.395 e. The van der Waals surface area contributed by atoms with Crippen molar-refractivity contribution in [2.75, 3.05) is 5.73 Å². The van der Waals surface area contributed by atoms with E-state index < -0.39 is 0 Å². The fraction of sp³-hybridized carbons (Fsp3) is 0.667. The number of rotatable bonds is 5. The summed E-state index contributed by atoms with van der Waals surface area (Å²) in [5.41, 5.74) is 7.23. The summed E-state index contributed by atoms with van der Waals surface area (Å²) in [7, 11) is 0. The molecule has 0 aromatic carbocycles. The van der Waals surface area contributed by atoms with Crippen molar-refractivity contribution in [2.24, 2.45) is 0 Å². The molecule has 1 heterocycles. The molecule has 17 heavy (non-hydrogen) atoms. The number of nitrogens with two attached hydrogens (primary N) is 1. The second-order valence-corrected chi connectivity index (χ2v) is 4.54. The van der Waals surface area contributed by atoms with Crippen LogP contribution in [0.1, 0.15) is 56.7 Å². The van der Waals surface area contributed by atoms with Gasteiger partial charge in [-0.2, -0.15) is 5.10 Å². The molecule has 0 aliphatic rings. The molecule has 1 amide bonds. The standard InChI is InChI=1S/C12H22N4O/c1-5-8-9(13)10(16-15-8)11(17)14-12(4,6-2)7-3/h5-7,13H2,1-4H3,(H,14,17)(H,15,16). The number of hydrogen-bond donors (Lipinski definition) is 3. The van der Waals surface area contributed by atoms with E-state index in [2.05, 4.69) is 29.4 Å². The van der Waals surface area contributed by atoms with Crippen molar-refractivity contribution in [3.8, 4) is 0 Å². The lowest BCUT2D eigenvalue weighted by atomic mass is 9.95. The molecule has 5 heteroatoms. The lowest BCUT2D eigenvalue weighted by Crippen LogP contribution is -2.45. The number of aromatic nitrogens is 2. The number of nitrogens with one attached hydrogen (secondary N) is 2. The van der Waals surface area contributed by atoms with Crippen molar-refractivity contribution in [3.05, 3.63) is 11.4 Å². The van der Waals surface area contributed by atoms with E-state index in [1.807, 2.05) is 13.8 Å². The van der Waals surface area contributed by atoms with E-state index in [1.54, 1.807) is 0 Å². The van der Waals surface area contributed by atoms with Gasteiger partial charge in [-0.05, 0) is 26.2 Å². The van der Waals surface area contributed by atoms with Crippen LogP contribution in [0.5, 0.6) is 0 Å². The van der Waals surface area contributed by atoms with Gasteiger partial charge in [0.25, 0.3) is 5.91 Å². The molecule has 0 saturated carbocycles. The van der Waals surface area contributed by atoms with Gasteiger partial charge in [0.05, 0.1) is 11.4 Å². The van der Waals surface area contributed by atoms with Crippen molar-refractivity contribution in [1.82, 2.24) is 15.5 Å². The van der Waals surface area contributed by atoms with Gasteiger partial charge >= 0.3 is 0 Å². The van der Waals surface area contributed by atoms with Crippen LogP contribution >= 0.6 is 0 Å². The fourth-order valence-corrected chi connectivity index (χ4v) is 1.59. The Morgan fingerprint density at radius 3 is 2.41 bits per heavy atom. The third kappa shape index (κ3) is 2.78. The number of carbonyl (C=O) groups is 1. The van der Waals surface area contributed by atoms with E-state index in [0.29, 0.717) is 11.4 Å². The molecule has 0 aliphatic carbocycles. The molecule has 4 N–H and O–H groups in total. The number of aryl methyl sites for hydroxylation is 1. The highest BCUT2D eigenvalue weighted by Crippen LogP contribution is 2.18. The molecule has 1 aromatic rings. The van der Waals surface area contributed by atoms with Gasteiger partial charge in [0, 0.05) is 5.54 Å². The average molecular weight is 238 g/mol. The minimum atomic E-state index is -0.204. The smallest absolute Gasteiger partial charge is 0.274 e. The van der Waals surface area contributed by atoms with E-state index in [0.717, 1.165) is 25.0 Å². The number of anilines is 1. The summed E-state index contributed by atoms with van der Waals surface area (Å²) in [4.78, 5) is 12.1. The van der Waals surface area contributed by atoms with Crippen molar-refractivity contribution in [2.45, 2.75) is 52.5 Å². The number of H-pyrrole nitrogens is 1. The van der Waals surface area contributed by atoms with Gasteiger partial charge < -0.3 is 11.1 Å². The van der Waals surface area contributed by atoms with Crippen LogP contribution in [0, 0.1) is 0 Å². The first-order valence-electron chi connectivity index (χ1n) is 6.12. The first-order chi connectivity index (χ1) is 7.97. The Balaban J connectivity index is 2.86. The predicted molar refractivity (Wildman–Crippen MR) is 68.8 cm³/mol. The Morgan fingerprint density at radius 1 is 1.41 bits per heavy atom. The maximum Gasteiger partial charge on any atom is 0.274 e. The first-order valence-corrected chi connectivity index (χ1v) is 6.12. The third-order valence-electron chi connectivity index (χ3n) is 3.43. The summed E-state index contributed by atoms with van der Waals surface area (Å²) in [5, 5.41) is 9.75. The SMILES string of the molecule is CCc1[nH]nc(C(=O)NC(C)(CC)CC)c1N. The van der Waals surface area contributed by atoms with Crippen LogP contribution in [0.25, 0.3) is 0 Å². The van der Waals surface area contributed by atoms with E-state index in [1.165, 1.54) is 0 Å². The molecule has 0 bridgehead atoms. The van der Waals surface area contributed by atoms with E-state index in [-0.39, 0.29) is 11.4 Å². The Labute approximate surface area is 102 Å². The molecule has 96 valence electrons. The van der Waals surface area contributed by atoms with E-state index in [4.69, 9.17) is 5.73 Å². The highest BCUT2D eigenvalue weighted by atomic mass is 16.2.